The number of fused-ring (bicyclic) bond motifs is 3. The van der Waals surface area contributed by atoms with Crippen LogP contribution in [0.25, 0.3) is 16.6 Å². The van der Waals surface area contributed by atoms with Crippen molar-refractivity contribution >= 4 is 39.7 Å². The molecule has 164 valence electrons. The molecule has 0 radical (unpaired) electrons. The van der Waals surface area contributed by atoms with Crippen molar-refractivity contribution in [3.05, 3.63) is 52.5 Å². The van der Waals surface area contributed by atoms with Crippen molar-refractivity contribution in [2.24, 2.45) is 0 Å². The van der Waals surface area contributed by atoms with E-state index in [1.807, 2.05) is 40.6 Å². The van der Waals surface area contributed by atoms with E-state index in [0.29, 0.717) is 19.0 Å². The van der Waals surface area contributed by atoms with Gasteiger partial charge in [0.25, 0.3) is 5.91 Å². The summed E-state index contributed by atoms with van der Waals surface area (Å²) >= 11 is 1.51. The van der Waals surface area contributed by atoms with E-state index in [1.54, 1.807) is 0 Å². The van der Waals surface area contributed by atoms with E-state index in [2.05, 4.69) is 25.6 Å². The zero-order valence-corrected chi connectivity index (χ0v) is 18.8. The van der Waals surface area contributed by atoms with Gasteiger partial charge in [0, 0.05) is 37.5 Å². The molecule has 1 aliphatic heterocycles. The van der Waals surface area contributed by atoms with Crippen LogP contribution in [0.5, 0.6) is 0 Å². The molecule has 3 aromatic heterocycles. The van der Waals surface area contributed by atoms with Gasteiger partial charge in [-0.25, -0.2) is 9.38 Å². The second-order valence-electron chi connectivity index (χ2n) is 8.74. The first-order valence-electron chi connectivity index (χ1n) is 11.5. The Labute approximate surface area is 190 Å². The van der Waals surface area contributed by atoms with Crippen molar-refractivity contribution < 1.29 is 4.79 Å². The normalized spacial score (nSPS) is 18.0. The Morgan fingerprint density at radius 1 is 0.938 bits per heavy atom. The number of anilines is 1. The van der Waals surface area contributed by atoms with E-state index in [-0.39, 0.29) is 5.91 Å². The highest BCUT2D eigenvalue weighted by Crippen LogP contribution is 2.34. The van der Waals surface area contributed by atoms with Crippen LogP contribution in [0, 0.1) is 0 Å². The monoisotopic (exact) mass is 446 g/mol. The van der Waals surface area contributed by atoms with Crippen LogP contribution in [0.3, 0.4) is 0 Å². The molecule has 1 saturated heterocycles. The zero-order chi connectivity index (χ0) is 21.5. The largest absolute Gasteiger partial charge is 0.338 e. The SMILES string of the molecule is O=C(c1cccs1)N1CCN(c2nc3ccccc3c3nnc(C4CCCCC4)n23)CC1. The predicted molar refractivity (Wildman–Crippen MR) is 127 cm³/mol. The number of carbonyl (C=O) groups excluding carboxylic acids is 1. The van der Waals surface area contributed by atoms with Crippen molar-refractivity contribution in [2.75, 3.05) is 31.1 Å². The van der Waals surface area contributed by atoms with Gasteiger partial charge in [-0.05, 0) is 36.4 Å². The molecule has 32 heavy (non-hydrogen) atoms. The number of amides is 1. The molecule has 4 heterocycles. The van der Waals surface area contributed by atoms with E-state index in [0.717, 1.165) is 59.1 Å². The fraction of sp³-hybridized carbons (Fsp3) is 0.417. The minimum atomic E-state index is 0.128. The molecule has 2 fully saturated rings. The molecule has 1 aromatic carbocycles. The minimum Gasteiger partial charge on any atom is -0.338 e. The average Bonchev–Trinajstić information content (AvgIpc) is 3.55. The molecule has 0 spiro atoms. The van der Waals surface area contributed by atoms with Gasteiger partial charge in [0.2, 0.25) is 5.95 Å². The van der Waals surface area contributed by atoms with Crippen molar-refractivity contribution in [1.29, 1.82) is 0 Å². The van der Waals surface area contributed by atoms with Crippen molar-refractivity contribution in [1.82, 2.24) is 24.5 Å². The van der Waals surface area contributed by atoms with Gasteiger partial charge in [-0.3, -0.25) is 4.79 Å². The Balaban J connectivity index is 1.37. The van der Waals surface area contributed by atoms with Crippen LogP contribution in [0.15, 0.2) is 41.8 Å². The summed E-state index contributed by atoms with van der Waals surface area (Å²) in [6.07, 6.45) is 6.13. The van der Waals surface area contributed by atoms with Crippen molar-refractivity contribution in [2.45, 2.75) is 38.0 Å². The van der Waals surface area contributed by atoms with Crippen LogP contribution in [0.1, 0.15) is 53.5 Å². The summed E-state index contributed by atoms with van der Waals surface area (Å²) in [7, 11) is 0. The number of para-hydroxylation sites is 1. The molecule has 0 N–H and O–H groups in total. The van der Waals surface area contributed by atoms with Gasteiger partial charge in [0.15, 0.2) is 5.65 Å². The summed E-state index contributed by atoms with van der Waals surface area (Å²) < 4.78 is 2.20. The number of carbonyl (C=O) groups is 1. The molecule has 6 rings (SSSR count). The number of piperazine rings is 1. The van der Waals surface area contributed by atoms with Crippen LogP contribution in [-0.4, -0.2) is 56.6 Å². The van der Waals surface area contributed by atoms with Gasteiger partial charge in [-0.15, -0.1) is 21.5 Å². The van der Waals surface area contributed by atoms with Crippen molar-refractivity contribution in [3.8, 4) is 0 Å². The second-order valence-corrected chi connectivity index (χ2v) is 9.69. The first-order chi connectivity index (χ1) is 15.8. The maximum absolute atomic E-state index is 12.8. The fourth-order valence-electron chi connectivity index (χ4n) is 5.09. The summed E-state index contributed by atoms with van der Waals surface area (Å²) in [6.45, 7) is 2.88. The Morgan fingerprint density at radius 3 is 2.53 bits per heavy atom. The highest BCUT2D eigenvalue weighted by molar-refractivity contribution is 7.12. The van der Waals surface area contributed by atoms with Crippen LogP contribution >= 0.6 is 11.3 Å². The Bertz CT molecular complexity index is 1250. The summed E-state index contributed by atoms with van der Waals surface area (Å²) in [5.74, 6) is 2.52. The number of rotatable bonds is 3. The summed E-state index contributed by atoms with van der Waals surface area (Å²) in [6, 6.07) is 12.0. The maximum atomic E-state index is 12.8. The number of nitrogens with zero attached hydrogens (tertiary/aromatic N) is 6. The maximum Gasteiger partial charge on any atom is 0.264 e. The second kappa shape index (κ2) is 8.16. The number of benzene rings is 1. The highest BCUT2D eigenvalue weighted by Gasteiger charge is 2.28. The number of hydrogen-bond donors (Lipinski definition) is 0. The molecule has 0 bridgehead atoms. The quantitative estimate of drug-likeness (QED) is 0.468. The smallest absolute Gasteiger partial charge is 0.264 e. The molecule has 2 aliphatic rings. The van der Waals surface area contributed by atoms with Crippen LogP contribution < -0.4 is 4.90 Å². The summed E-state index contributed by atoms with van der Waals surface area (Å²) in [4.78, 5) is 22.9. The summed E-state index contributed by atoms with van der Waals surface area (Å²) in [5, 5.41) is 12.3. The molecule has 4 aromatic rings. The fourth-order valence-corrected chi connectivity index (χ4v) is 5.78. The molecule has 0 atom stereocenters. The van der Waals surface area contributed by atoms with E-state index in [9.17, 15) is 4.79 Å². The van der Waals surface area contributed by atoms with E-state index in [4.69, 9.17) is 4.98 Å². The molecule has 1 saturated carbocycles. The zero-order valence-electron chi connectivity index (χ0n) is 18.0. The predicted octanol–water partition coefficient (Wildman–Crippen LogP) is 4.35. The van der Waals surface area contributed by atoms with Gasteiger partial charge in [-0.1, -0.05) is 37.5 Å². The summed E-state index contributed by atoms with van der Waals surface area (Å²) in [5.41, 5.74) is 1.83. The topological polar surface area (TPSA) is 66.6 Å². The highest BCUT2D eigenvalue weighted by atomic mass is 32.1. The van der Waals surface area contributed by atoms with Crippen LogP contribution in [0.2, 0.25) is 0 Å². The van der Waals surface area contributed by atoms with E-state index >= 15 is 0 Å². The van der Waals surface area contributed by atoms with Crippen molar-refractivity contribution in [3.63, 3.8) is 0 Å². The Hall–Kier alpha value is -3.00. The lowest BCUT2D eigenvalue weighted by atomic mass is 9.89. The molecule has 8 heteroatoms. The minimum absolute atomic E-state index is 0.128. The van der Waals surface area contributed by atoms with Gasteiger partial charge in [0.1, 0.15) is 5.82 Å². The number of thiophene rings is 1. The molecule has 1 aliphatic carbocycles. The van der Waals surface area contributed by atoms with Crippen LogP contribution in [0.4, 0.5) is 5.95 Å². The van der Waals surface area contributed by atoms with E-state index in [1.165, 1.54) is 30.6 Å². The molecular weight excluding hydrogens is 420 g/mol. The third-order valence-corrected chi connectivity index (χ3v) is 7.66. The first kappa shape index (κ1) is 19.7. The third kappa shape index (κ3) is 3.33. The molecule has 0 unspecified atom stereocenters. The standard InChI is InChI=1S/C24H26N6OS/c31-23(20-11-6-16-32-20)28-12-14-29(15-13-28)24-25-19-10-5-4-9-18(19)22-27-26-21(30(22)24)17-7-2-1-3-8-17/h4-6,9-11,16-17H,1-3,7-8,12-15H2. The lowest BCUT2D eigenvalue weighted by Gasteiger charge is -2.35. The van der Waals surface area contributed by atoms with Gasteiger partial charge >= 0.3 is 0 Å². The molecule has 1 amide bonds. The Kier molecular flexibility index (Phi) is 5.02. The van der Waals surface area contributed by atoms with Crippen LogP contribution in [-0.2, 0) is 0 Å². The number of aromatic nitrogens is 4. The lowest BCUT2D eigenvalue weighted by molar-refractivity contribution is 0.0751. The van der Waals surface area contributed by atoms with Gasteiger partial charge < -0.3 is 9.80 Å². The van der Waals surface area contributed by atoms with Gasteiger partial charge in [-0.2, -0.15) is 0 Å². The molecule has 7 nitrogen and oxygen atoms in total. The lowest BCUT2D eigenvalue weighted by Crippen LogP contribution is -2.49. The average molecular weight is 447 g/mol. The third-order valence-electron chi connectivity index (χ3n) is 6.81. The first-order valence-corrected chi connectivity index (χ1v) is 12.4. The van der Waals surface area contributed by atoms with Gasteiger partial charge in [0.05, 0.1) is 10.4 Å². The van der Waals surface area contributed by atoms with E-state index < -0.39 is 0 Å². The molecular formula is C24H26N6OS. The number of hydrogen-bond acceptors (Lipinski definition) is 6. The Morgan fingerprint density at radius 2 is 1.75 bits per heavy atom.